The van der Waals surface area contributed by atoms with Gasteiger partial charge < -0.3 is 9.47 Å². The van der Waals surface area contributed by atoms with E-state index in [-0.39, 0.29) is 23.7 Å². The first-order valence-corrected chi connectivity index (χ1v) is 8.99. The van der Waals surface area contributed by atoms with Crippen molar-refractivity contribution in [2.75, 3.05) is 38.8 Å². The molecule has 8 heteroatoms. The maximum Gasteiger partial charge on any atom is 0.246 e. The van der Waals surface area contributed by atoms with Gasteiger partial charge in [-0.05, 0) is 12.1 Å². The monoisotopic (exact) mass is 319 g/mol. The van der Waals surface area contributed by atoms with E-state index in [1.165, 1.54) is 30.7 Å². The third kappa shape index (κ3) is 2.97. The summed E-state index contributed by atoms with van der Waals surface area (Å²) in [5.41, 5.74) is 0. The van der Waals surface area contributed by atoms with Gasteiger partial charge in [0.25, 0.3) is 0 Å². The Morgan fingerprint density at radius 1 is 1.15 bits per heavy atom. The summed E-state index contributed by atoms with van der Waals surface area (Å²) < 4.78 is 48.0. The van der Waals surface area contributed by atoms with Crippen LogP contribution in [-0.2, 0) is 20.8 Å². The minimum atomic E-state index is -3.63. The summed E-state index contributed by atoms with van der Waals surface area (Å²) in [6, 6.07) is 4.59. The van der Waals surface area contributed by atoms with Crippen LogP contribution in [0, 0.1) is 0 Å². The summed E-state index contributed by atoms with van der Waals surface area (Å²) in [6.45, 7) is 0.536. The first kappa shape index (κ1) is 15.3. The Kier molecular flexibility index (Phi) is 4.66. The second kappa shape index (κ2) is 6.11. The highest BCUT2D eigenvalue weighted by molar-refractivity contribution is 7.89. The van der Waals surface area contributed by atoms with Gasteiger partial charge >= 0.3 is 0 Å². The minimum Gasteiger partial charge on any atom is -0.497 e. The molecule has 0 atom stereocenters. The standard InChI is InChI=1S/C12H17NO5S2/c1-17-10-3-4-12(11(9-10)18-2)20(15,16)13-5-7-19(14)8-6-13/h3-4,9H,5-8H2,1-2H3. The van der Waals surface area contributed by atoms with Crippen LogP contribution in [0.3, 0.4) is 0 Å². The summed E-state index contributed by atoms with van der Waals surface area (Å²) in [5, 5.41) is 0. The molecule has 1 aromatic carbocycles. The zero-order valence-corrected chi connectivity index (χ0v) is 13.0. The van der Waals surface area contributed by atoms with Crippen LogP contribution in [0.15, 0.2) is 23.1 Å². The molecule has 1 fully saturated rings. The number of ether oxygens (including phenoxy) is 2. The largest absolute Gasteiger partial charge is 0.497 e. The van der Waals surface area contributed by atoms with Crippen molar-refractivity contribution in [1.29, 1.82) is 0 Å². The molecule has 0 amide bonds. The summed E-state index contributed by atoms with van der Waals surface area (Å²) in [4.78, 5) is 0.105. The van der Waals surface area contributed by atoms with E-state index in [1.54, 1.807) is 6.07 Å². The van der Waals surface area contributed by atoms with Gasteiger partial charge in [0.2, 0.25) is 10.0 Å². The van der Waals surface area contributed by atoms with E-state index in [0.29, 0.717) is 17.3 Å². The van der Waals surface area contributed by atoms with E-state index in [1.807, 2.05) is 0 Å². The number of hydrogen-bond acceptors (Lipinski definition) is 5. The lowest BCUT2D eigenvalue weighted by Gasteiger charge is -2.26. The quantitative estimate of drug-likeness (QED) is 0.806. The van der Waals surface area contributed by atoms with Crippen LogP contribution in [0.4, 0.5) is 0 Å². The summed E-state index contributed by atoms with van der Waals surface area (Å²) in [7, 11) is -1.64. The van der Waals surface area contributed by atoms with Crippen LogP contribution in [0.5, 0.6) is 11.5 Å². The van der Waals surface area contributed by atoms with Crippen LogP contribution in [0.1, 0.15) is 0 Å². The number of hydrogen-bond donors (Lipinski definition) is 0. The van der Waals surface area contributed by atoms with Gasteiger partial charge in [0.05, 0.1) is 14.2 Å². The predicted molar refractivity (Wildman–Crippen MR) is 76.2 cm³/mol. The van der Waals surface area contributed by atoms with Crippen molar-refractivity contribution in [3.63, 3.8) is 0 Å². The first-order chi connectivity index (χ1) is 9.48. The van der Waals surface area contributed by atoms with E-state index in [4.69, 9.17) is 9.47 Å². The fourth-order valence-electron chi connectivity index (χ4n) is 1.99. The number of methoxy groups -OCH3 is 2. The molecular weight excluding hydrogens is 302 g/mol. The molecule has 1 aliphatic rings. The van der Waals surface area contributed by atoms with Gasteiger partial charge in [-0.1, -0.05) is 0 Å². The minimum absolute atomic E-state index is 0.105. The Balaban J connectivity index is 2.36. The molecule has 1 aliphatic heterocycles. The molecule has 1 heterocycles. The molecule has 1 aromatic rings. The molecule has 20 heavy (non-hydrogen) atoms. The normalized spacial score (nSPS) is 17.9. The van der Waals surface area contributed by atoms with Crippen molar-refractivity contribution in [2.45, 2.75) is 4.90 Å². The lowest BCUT2D eigenvalue weighted by Crippen LogP contribution is -2.41. The fourth-order valence-corrected chi connectivity index (χ4v) is 4.85. The Labute approximate surface area is 121 Å². The molecule has 0 radical (unpaired) electrons. The van der Waals surface area contributed by atoms with E-state index in [9.17, 15) is 12.6 Å². The third-order valence-electron chi connectivity index (χ3n) is 3.13. The summed E-state index contributed by atoms with van der Waals surface area (Å²) in [5.74, 6) is 1.52. The molecule has 0 bridgehead atoms. The topological polar surface area (TPSA) is 72.9 Å². The highest BCUT2D eigenvalue weighted by Crippen LogP contribution is 2.30. The van der Waals surface area contributed by atoms with Gasteiger partial charge in [-0.3, -0.25) is 4.21 Å². The van der Waals surface area contributed by atoms with Crippen molar-refractivity contribution < 1.29 is 22.1 Å². The van der Waals surface area contributed by atoms with Crippen LogP contribution < -0.4 is 9.47 Å². The first-order valence-electron chi connectivity index (χ1n) is 6.06. The molecule has 0 aromatic heterocycles. The van der Waals surface area contributed by atoms with Crippen molar-refractivity contribution in [2.24, 2.45) is 0 Å². The maximum atomic E-state index is 12.6. The van der Waals surface area contributed by atoms with Gasteiger partial charge in [0, 0.05) is 41.5 Å². The van der Waals surface area contributed by atoms with Crippen LogP contribution in [0.2, 0.25) is 0 Å². The molecule has 0 unspecified atom stereocenters. The maximum absolute atomic E-state index is 12.6. The lowest BCUT2D eigenvalue weighted by atomic mass is 10.3. The number of sulfonamides is 1. The van der Waals surface area contributed by atoms with Crippen molar-refractivity contribution in [3.05, 3.63) is 18.2 Å². The molecule has 0 N–H and O–H groups in total. The smallest absolute Gasteiger partial charge is 0.246 e. The Hall–Kier alpha value is -1.12. The highest BCUT2D eigenvalue weighted by Gasteiger charge is 2.30. The molecule has 0 aliphatic carbocycles. The number of benzene rings is 1. The molecule has 1 saturated heterocycles. The van der Waals surface area contributed by atoms with E-state index >= 15 is 0 Å². The van der Waals surface area contributed by atoms with Crippen molar-refractivity contribution in [1.82, 2.24) is 4.31 Å². The molecular formula is C12H17NO5S2. The zero-order valence-electron chi connectivity index (χ0n) is 11.4. The number of nitrogens with zero attached hydrogens (tertiary/aromatic N) is 1. The van der Waals surface area contributed by atoms with E-state index < -0.39 is 20.8 Å². The van der Waals surface area contributed by atoms with Gasteiger partial charge in [-0.15, -0.1) is 0 Å². The van der Waals surface area contributed by atoms with E-state index in [0.717, 1.165) is 0 Å². The second-order valence-electron chi connectivity index (χ2n) is 4.27. The average Bonchev–Trinajstić information content (AvgIpc) is 2.46. The molecule has 2 rings (SSSR count). The lowest BCUT2D eigenvalue weighted by molar-refractivity contribution is 0.381. The average molecular weight is 319 g/mol. The van der Waals surface area contributed by atoms with Crippen molar-refractivity contribution in [3.8, 4) is 11.5 Å². The zero-order chi connectivity index (χ0) is 14.8. The summed E-state index contributed by atoms with van der Waals surface area (Å²) >= 11 is 0. The fraction of sp³-hybridized carbons (Fsp3) is 0.500. The molecule has 0 spiro atoms. The predicted octanol–water partition coefficient (Wildman–Crippen LogP) is 0.457. The van der Waals surface area contributed by atoms with Gasteiger partial charge in [-0.2, -0.15) is 4.31 Å². The highest BCUT2D eigenvalue weighted by atomic mass is 32.2. The molecule has 6 nitrogen and oxygen atoms in total. The molecule has 112 valence electrons. The van der Waals surface area contributed by atoms with Gasteiger partial charge in [0.15, 0.2) is 0 Å². The third-order valence-corrected chi connectivity index (χ3v) is 6.34. The molecule has 0 saturated carbocycles. The second-order valence-corrected chi connectivity index (χ2v) is 7.87. The van der Waals surface area contributed by atoms with Crippen LogP contribution in [-0.4, -0.2) is 55.7 Å². The Bertz CT molecular complexity index is 604. The van der Waals surface area contributed by atoms with Crippen LogP contribution >= 0.6 is 0 Å². The van der Waals surface area contributed by atoms with E-state index in [2.05, 4.69) is 0 Å². The SMILES string of the molecule is COc1ccc(S(=O)(=O)N2CCS(=O)CC2)c(OC)c1. The Morgan fingerprint density at radius 2 is 1.80 bits per heavy atom. The van der Waals surface area contributed by atoms with Gasteiger partial charge in [0.1, 0.15) is 16.4 Å². The number of rotatable bonds is 4. The Morgan fingerprint density at radius 3 is 2.35 bits per heavy atom. The van der Waals surface area contributed by atoms with Crippen LogP contribution in [0.25, 0.3) is 0 Å². The van der Waals surface area contributed by atoms with Crippen molar-refractivity contribution >= 4 is 20.8 Å². The summed E-state index contributed by atoms with van der Waals surface area (Å²) in [6.07, 6.45) is 0. The van der Waals surface area contributed by atoms with Gasteiger partial charge in [-0.25, -0.2) is 8.42 Å².